The fraction of sp³-hybridized carbons (Fsp3) is 0.615. The summed E-state index contributed by atoms with van der Waals surface area (Å²) in [5.74, 6) is -0.198. The third-order valence-electron chi connectivity index (χ3n) is 3.05. The third-order valence-corrected chi connectivity index (χ3v) is 3.05. The molecule has 7 heteroatoms. The van der Waals surface area contributed by atoms with Gasteiger partial charge in [-0.15, -0.1) is 0 Å². The van der Waals surface area contributed by atoms with Gasteiger partial charge in [0.05, 0.1) is 0 Å². The van der Waals surface area contributed by atoms with Crippen molar-refractivity contribution in [2.75, 3.05) is 13.2 Å². The first-order valence-electron chi connectivity index (χ1n) is 6.45. The maximum atomic E-state index is 11.7. The van der Waals surface area contributed by atoms with Crippen LogP contribution in [0.15, 0.2) is 9.59 Å². The van der Waals surface area contributed by atoms with Crippen LogP contribution in [0.1, 0.15) is 31.5 Å². The fourth-order valence-corrected chi connectivity index (χ4v) is 1.65. The monoisotopic (exact) mass is 283 g/mol. The normalized spacial score (nSPS) is 11.4. The second-order valence-corrected chi connectivity index (χ2v) is 5.61. The van der Waals surface area contributed by atoms with Crippen molar-refractivity contribution in [3.8, 4) is 0 Å². The number of amides is 1. The molecule has 0 fully saturated rings. The van der Waals surface area contributed by atoms with Crippen molar-refractivity contribution in [1.29, 1.82) is 0 Å². The number of nitrogens with one attached hydrogen (secondary N) is 3. The minimum absolute atomic E-state index is 0.0218. The molecule has 0 unspecified atom stereocenters. The van der Waals surface area contributed by atoms with Gasteiger partial charge in [-0.3, -0.25) is 14.6 Å². The molecule has 0 aliphatic rings. The van der Waals surface area contributed by atoms with Gasteiger partial charge >= 0.3 is 5.69 Å². The van der Waals surface area contributed by atoms with Gasteiger partial charge in [-0.25, -0.2) is 4.79 Å². The number of aryl methyl sites for hydroxylation is 1. The van der Waals surface area contributed by atoms with E-state index in [1.807, 2.05) is 13.8 Å². The lowest BCUT2D eigenvalue weighted by molar-refractivity contribution is -0.121. The van der Waals surface area contributed by atoms with Gasteiger partial charge in [-0.2, -0.15) is 0 Å². The van der Waals surface area contributed by atoms with Gasteiger partial charge in [0.1, 0.15) is 0 Å². The van der Waals surface area contributed by atoms with Gasteiger partial charge < -0.3 is 15.4 Å². The van der Waals surface area contributed by atoms with E-state index in [1.54, 1.807) is 6.92 Å². The van der Waals surface area contributed by atoms with E-state index in [4.69, 9.17) is 5.11 Å². The average molecular weight is 283 g/mol. The van der Waals surface area contributed by atoms with Crippen LogP contribution in [0.2, 0.25) is 0 Å². The number of aliphatic hydroxyl groups is 1. The number of aliphatic hydroxyl groups excluding tert-OH is 1. The van der Waals surface area contributed by atoms with Crippen LogP contribution in [0.3, 0.4) is 0 Å². The van der Waals surface area contributed by atoms with Crippen molar-refractivity contribution in [3.63, 3.8) is 0 Å². The number of aromatic amines is 2. The number of aromatic nitrogens is 2. The standard InChI is InChI=1S/C13H21N3O4/c1-8-9(11(19)16-12(20)15-8)4-5-10(18)14-6-13(2,3)7-17/h17H,4-7H2,1-3H3,(H,14,18)(H2,15,16,19,20). The summed E-state index contributed by atoms with van der Waals surface area (Å²) < 4.78 is 0. The molecule has 1 aromatic heterocycles. The van der Waals surface area contributed by atoms with Gasteiger partial charge in [-0.1, -0.05) is 13.8 Å². The SMILES string of the molecule is Cc1[nH]c(=O)[nH]c(=O)c1CCC(=O)NCC(C)(C)CO. The molecule has 1 amide bonds. The van der Waals surface area contributed by atoms with E-state index in [9.17, 15) is 14.4 Å². The van der Waals surface area contributed by atoms with E-state index in [0.717, 1.165) is 0 Å². The third kappa shape index (κ3) is 4.65. The topological polar surface area (TPSA) is 115 Å². The highest BCUT2D eigenvalue weighted by molar-refractivity contribution is 5.76. The largest absolute Gasteiger partial charge is 0.396 e. The summed E-state index contributed by atoms with van der Waals surface area (Å²) in [6.07, 6.45) is 0.404. The Morgan fingerprint density at radius 1 is 1.30 bits per heavy atom. The lowest BCUT2D eigenvalue weighted by Gasteiger charge is -2.21. The summed E-state index contributed by atoms with van der Waals surface area (Å²) in [4.78, 5) is 39.0. The smallest absolute Gasteiger partial charge is 0.325 e. The first kappa shape index (κ1) is 16.2. The van der Waals surface area contributed by atoms with Crippen LogP contribution in [-0.2, 0) is 11.2 Å². The summed E-state index contributed by atoms with van der Waals surface area (Å²) in [6.45, 7) is 5.64. The first-order valence-corrected chi connectivity index (χ1v) is 6.45. The highest BCUT2D eigenvalue weighted by Gasteiger charge is 2.17. The van der Waals surface area contributed by atoms with E-state index < -0.39 is 11.2 Å². The molecule has 0 aliphatic heterocycles. The van der Waals surface area contributed by atoms with E-state index >= 15 is 0 Å². The molecule has 0 radical (unpaired) electrons. The van der Waals surface area contributed by atoms with Crippen LogP contribution in [0.5, 0.6) is 0 Å². The van der Waals surface area contributed by atoms with Gasteiger partial charge in [0, 0.05) is 36.2 Å². The molecule has 4 N–H and O–H groups in total. The number of carbonyl (C=O) groups is 1. The maximum Gasteiger partial charge on any atom is 0.325 e. The summed E-state index contributed by atoms with van der Waals surface area (Å²) >= 11 is 0. The zero-order valence-electron chi connectivity index (χ0n) is 12.0. The second-order valence-electron chi connectivity index (χ2n) is 5.61. The van der Waals surface area contributed by atoms with Crippen LogP contribution in [-0.4, -0.2) is 34.1 Å². The molecular weight excluding hydrogens is 262 g/mol. The summed E-state index contributed by atoms with van der Waals surface area (Å²) in [7, 11) is 0. The highest BCUT2D eigenvalue weighted by atomic mass is 16.3. The Kier molecular flexibility index (Phi) is 5.26. The van der Waals surface area contributed by atoms with Crippen molar-refractivity contribution in [1.82, 2.24) is 15.3 Å². The molecule has 0 saturated heterocycles. The molecule has 0 bridgehead atoms. The summed E-state index contributed by atoms with van der Waals surface area (Å²) in [5.41, 5.74) is -0.510. The van der Waals surface area contributed by atoms with Crippen LogP contribution >= 0.6 is 0 Å². The summed E-state index contributed by atoms with van der Waals surface area (Å²) in [6, 6.07) is 0. The molecule has 112 valence electrons. The zero-order chi connectivity index (χ0) is 15.3. The molecular formula is C13H21N3O4. The summed E-state index contributed by atoms with van der Waals surface area (Å²) in [5, 5.41) is 11.8. The van der Waals surface area contributed by atoms with E-state index in [0.29, 0.717) is 17.8 Å². The Labute approximate surface area is 116 Å². The number of rotatable bonds is 6. The minimum Gasteiger partial charge on any atom is -0.396 e. The van der Waals surface area contributed by atoms with Crippen LogP contribution in [0, 0.1) is 12.3 Å². The van der Waals surface area contributed by atoms with Crippen molar-refractivity contribution in [2.45, 2.75) is 33.6 Å². The van der Waals surface area contributed by atoms with Crippen molar-refractivity contribution in [3.05, 3.63) is 32.1 Å². The molecule has 1 aromatic rings. The molecule has 0 spiro atoms. The molecule has 0 aliphatic carbocycles. The molecule has 1 heterocycles. The molecule has 0 saturated carbocycles. The first-order chi connectivity index (χ1) is 9.25. The van der Waals surface area contributed by atoms with Gasteiger partial charge in [0.15, 0.2) is 0 Å². The number of hydrogen-bond acceptors (Lipinski definition) is 4. The minimum atomic E-state index is -0.551. The van der Waals surface area contributed by atoms with Gasteiger partial charge in [-0.05, 0) is 13.3 Å². The van der Waals surface area contributed by atoms with Crippen LogP contribution < -0.4 is 16.6 Å². The Bertz CT molecular complexity index is 586. The zero-order valence-corrected chi connectivity index (χ0v) is 12.0. The lowest BCUT2D eigenvalue weighted by Crippen LogP contribution is -2.36. The fourth-order valence-electron chi connectivity index (χ4n) is 1.65. The Balaban J connectivity index is 2.58. The van der Waals surface area contributed by atoms with Crippen molar-refractivity contribution < 1.29 is 9.90 Å². The molecule has 1 rings (SSSR count). The van der Waals surface area contributed by atoms with Gasteiger partial charge in [0.25, 0.3) is 5.56 Å². The molecule has 0 atom stereocenters. The molecule has 7 nitrogen and oxygen atoms in total. The van der Waals surface area contributed by atoms with Crippen LogP contribution in [0.4, 0.5) is 0 Å². The van der Waals surface area contributed by atoms with Crippen LogP contribution in [0.25, 0.3) is 0 Å². The van der Waals surface area contributed by atoms with E-state index in [2.05, 4.69) is 15.3 Å². The van der Waals surface area contributed by atoms with E-state index in [1.165, 1.54) is 0 Å². The molecule has 0 aromatic carbocycles. The number of carbonyl (C=O) groups excluding carboxylic acids is 1. The Morgan fingerprint density at radius 3 is 2.50 bits per heavy atom. The van der Waals surface area contributed by atoms with Crippen molar-refractivity contribution in [2.24, 2.45) is 5.41 Å². The maximum absolute atomic E-state index is 11.7. The predicted molar refractivity (Wildman–Crippen MR) is 74.6 cm³/mol. The molecule has 20 heavy (non-hydrogen) atoms. The average Bonchev–Trinajstić information content (AvgIpc) is 2.35. The second kappa shape index (κ2) is 6.51. The Hall–Kier alpha value is -1.89. The number of H-pyrrole nitrogens is 2. The van der Waals surface area contributed by atoms with Crippen molar-refractivity contribution >= 4 is 5.91 Å². The predicted octanol–water partition coefficient (Wildman–Crippen LogP) is -0.561. The quantitative estimate of drug-likeness (QED) is 0.560. The Morgan fingerprint density at radius 2 is 1.95 bits per heavy atom. The highest BCUT2D eigenvalue weighted by Crippen LogP contribution is 2.11. The van der Waals surface area contributed by atoms with Gasteiger partial charge in [0.2, 0.25) is 5.91 Å². The number of hydrogen-bond donors (Lipinski definition) is 4. The van der Waals surface area contributed by atoms with E-state index in [-0.39, 0.29) is 30.8 Å². The lowest BCUT2D eigenvalue weighted by atomic mass is 9.95.